The first kappa shape index (κ1) is 52.3. The second-order valence-corrected chi connectivity index (χ2v) is 26.9. The van der Waals surface area contributed by atoms with Crippen molar-refractivity contribution in [3.8, 4) is 72.4 Å². The lowest BCUT2D eigenvalue weighted by Gasteiger charge is -2.46. The second-order valence-electron chi connectivity index (χ2n) is 26.9. The van der Waals surface area contributed by atoms with E-state index in [4.69, 9.17) is 0 Å². The molecule has 0 saturated heterocycles. The lowest BCUT2D eigenvalue weighted by Crippen LogP contribution is -2.61. The van der Waals surface area contributed by atoms with Crippen LogP contribution in [-0.2, 0) is 10.8 Å². The Bertz CT molecular complexity index is 5900. The highest BCUT2D eigenvalue weighted by atomic mass is 15.2. The van der Waals surface area contributed by atoms with Crippen LogP contribution >= 0.6 is 0 Å². The third-order valence-corrected chi connectivity index (χ3v) is 22.6. The molecule has 6 aliphatic rings. The summed E-state index contributed by atoms with van der Waals surface area (Å²) < 4.78 is 2.55. The van der Waals surface area contributed by atoms with E-state index in [9.17, 15) is 0 Å². The molecule has 0 saturated carbocycles. The number of fused-ring (bicyclic) bond motifs is 27. The third-order valence-electron chi connectivity index (χ3n) is 22.6. The van der Waals surface area contributed by atoms with Crippen LogP contribution < -0.4 is 26.2 Å². The molecule has 0 atom stereocenters. The summed E-state index contributed by atoms with van der Waals surface area (Å²) >= 11 is 0. The van der Waals surface area contributed by atoms with Crippen molar-refractivity contribution in [2.24, 2.45) is 0 Å². The van der Waals surface area contributed by atoms with Gasteiger partial charge in [0.15, 0.2) is 0 Å². The van der Waals surface area contributed by atoms with Crippen molar-refractivity contribution in [3.63, 3.8) is 0 Å². The second kappa shape index (κ2) is 19.2. The minimum absolute atomic E-state index is 0.222. The molecule has 2 spiro atoms. The van der Waals surface area contributed by atoms with E-state index >= 15 is 0 Å². The topological polar surface area (TPSA) is 11.4 Å². The predicted octanol–water partition coefficient (Wildman–Crippen LogP) is 20.9. The van der Waals surface area contributed by atoms with E-state index in [0.717, 1.165) is 39.5 Å². The first-order valence-corrected chi connectivity index (χ1v) is 33.7. The van der Waals surface area contributed by atoms with Gasteiger partial charge in [0.2, 0.25) is 0 Å². The molecule has 15 aromatic carbocycles. The van der Waals surface area contributed by atoms with Crippen molar-refractivity contribution in [1.29, 1.82) is 0 Å². The Morgan fingerprint density at radius 2 is 0.646 bits per heavy atom. The van der Waals surface area contributed by atoms with Crippen molar-refractivity contribution in [2.75, 3.05) is 9.80 Å². The summed E-state index contributed by atoms with van der Waals surface area (Å²) in [5.41, 5.74) is 38.5. The highest BCUT2D eigenvalue weighted by Crippen LogP contribution is 2.67. The van der Waals surface area contributed by atoms with Crippen LogP contribution in [0.3, 0.4) is 0 Å². The SMILES string of the molecule is c1ccc(-c2ccc(N3c4cc5c(cc4B4c6cc(-c7ccccc7)ccc6N(c6cccc7c6C6(c8ccccc8-c8ccccc86)c6ccccc6-7)c6cc(-n7c8ccccc8c8ccccc87)cc3c64)-c3ccccc3C53c4ccccc4-c4ccccc43)cc2)cc1. The van der Waals surface area contributed by atoms with Gasteiger partial charge in [-0.05, 0) is 177 Å². The molecule has 96 heavy (non-hydrogen) atoms. The Morgan fingerprint density at radius 3 is 1.20 bits per heavy atom. The van der Waals surface area contributed by atoms with Crippen LogP contribution in [0.5, 0.6) is 0 Å². The number of hydrogen-bond acceptors (Lipinski definition) is 2. The van der Waals surface area contributed by atoms with E-state index in [1.54, 1.807) is 0 Å². The molecule has 1 aromatic heterocycles. The number of nitrogens with zero attached hydrogens (tertiary/aromatic N) is 3. The average Bonchev–Trinajstić information content (AvgIpc) is 1.45. The Morgan fingerprint density at radius 1 is 0.229 bits per heavy atom. The molecule has 0 amide bonds. The number of para-hydroxylation sites is 2. The maximum atomic E-state index is 2.72. The lowest BCUT2D eigenvalue weighted by molar-refractivity contribution is 0.793. The van der Waals surface area contributed by atoms with Crippen LogP contribution in [0.25, 0.3) is 94.3 Å². The number of benzene rings is 15. The van der Waals surface area contributed by atoms with Crippen LogP contribution in [-0.4, -0.2) is 11.3 Å². The van der Waals surface area contributed by atoms with Crippen LogP contribution in [0.1, 0.15) is 44.5 Å². The van der Waals surface area contributed by atoms with Gasteiger partial charge in [-0.1, -0.05) is 285 Å². The zero-order valence-corrected chi connectivity index (χ0v) is 52.3. The van der Waals surface area contributed by atoms with Gasteiger partial charge in [-0.3, -0.25) is 0 Å². The number of rotatable bonds is 5. The molecular formula is C92H56BN3. The third kappa shape index (κ3) is 6.58. The van der Waals surface area contributed by atoms with Crippen LogP contribution in [0.2, 0.25) is 0 Å². The molecule has 2 aliphatic heterocycles. The van der Waals surface area contributed by atoms with Gasteiger partial charge in [0.1, 0.15) is 0 Å². The first-order valence-electron chi connectivity index (χ1n) is 33.7. The quantitative estimate of drug-likeness (QED) is 0.159. The average molecular weight is 1210 g/mol. The number of hydrogen-bond donors (Lipinski definition) is 0. The minimum atomic E-state index is -0.637. The van der Waals surface area contributed by atoms with Crippen molar-refractivity contribution in [2.45, 2.75) is 10.8 Å². The summed E-state index contributed by atoms with van der Waals surface area (Å²) in [4.78, 5) is 5.39. The fourth-order valence-electron chi connectivity index (χ4n) is 19.0. The van der Waals surface area contributed by atoms with Crippen molar-refractivity contribution < 1.29 is 0 Å². The Kier molecular flexibility index (Phi) is 10.5. The summed E-state index contributed by atoms with van der Waals surface area (Å²) in [6, 6.07) is 130. The van der Waals surface area contributed by atoms with E-state index in [1.165, 1.54) is 150 Å². The van der Waals surface area contributed by atoms with Gasteiger partial charge in [-0.2, -0.15) is 0 Å². The molecule has 0 radical (unpaired) electrons. The largest absolute Gasteiger partial charge is 0.311 e. The van der Waals surface area contributed by atoms with E-state index < -0.39 is 10.8 Å². The maximum Gasteiger partial charge on any atom is 0.252 e. The lowest BCUT2D eigenvalue weighted by atomic mass is 9.33. The minimum Gasteiger partial charge on any atom is -0.311 e. The van der Waals surface area contributed by atoms with E-state index in [2.05, 4.69) is 354 Å². The fourth-order valence-corrected chi connectivity index (χ4v) is 19.0. The van der Waals surface area contributed by atoms with E-state index in [0.29, 0.717) is 0 Å². The van der Waals surface area contributed by atoms with Crippen molar-refractivity contribution in [3.05, 3.63) is 384 Å². The molecule has 4 aliphatic carbocycles. The Hall–Kier alpha value is -12.2. The zero-order chi connectivity index (χ0) is 62.5. The molecule has 0 bridgehead atoms. The highest BCUT2D eigenvalue weighted by molar-refractivity contribution is 7.00. The number of aromatic nitrogens is 1. The van der Waals surface area contributed by atoms with Gasteiger partial charge in [0.25, 0.3) is 6.71 Å². The van der Waals surface area contributed by atoms with Gasteiger partial charge in [0.05, 0.1) is 33.2 Å². The molecule has 4 heteroatoms. The van der Waals surface area contributed by atoms with Crippen molar-refractivity contribution >= 4 is 79.0 Å². The van der Waals surface area contributed by atoms with Crippen LogP contribution in [0.15, 0.2) is 340 Å². The van der Waals surface area contributed by atoms with Gasteiger partial charge >= 0.3 is 0 Å². The molecule has 0 N–H and O–H groups in total. The standard InChI is InChI=1S/C92H56BN3/c1-3-24-57(25-4-1)59-46-49-61(50-47-59)94-86-56-79-72(68-33-12-17-39-75(68)91(79)73-37-15-7-28-63(73)64-29-8-16-38-74(64)91)55-81(86)93-80-52-60(58-26-5-2-6-27-58)48-51-84(80)96(88-54-62(53-87(94)90(88)93)95-82-43-21-13-34-69(82)70-35-14-22-44-83(70)95)85-45-23-36-71-67-32-11-20-42-78(67)92(89(71)85)76-40-18-9-30-65(76)66-31-10-19-41-77(66)92/h1-56H. The maximum absolute atomic E-state index is 2.72. The van der Waals surface area contributed by atoms with E-state index in [-0.39, 0.29) is 6.71 Å². The molecule has 3 nitrogen and oxygen atoms in total. The monoisotopic (exact) mass is 1210 g/mol. The van der Waals surface area contributed by atoms with Crippen molar-refractivity contribution in [1.82, 2.24) is 4.57 Å². The predicted molar refractivity (Wildman–Crippen MR) is 398 cm³/mol. The summed E-state index contributed by atoms with van der Waals surface area (Å²) in [5, 5.41) is 2.45. The normalized spacial score (nSPS) is 14.4. The molecule has 3 heterocycles. The summed E-state index contributed by atoms with van der Waals surface area (Å²) in [6.45, 7) is -0.222. The van der Waals surface area contributed by atoms with Gasteiger partial charge in [0, 0.05) is 44.8 Å². The summed E-state index contributed by atoms with van der Waals surface area (Å²) in [7, 11) is 0. The highest BCUT2D eigenvalue weighted by Gasteiger charge is 2.56. The molecule has 0 fully saturated rings. The molecule has 16 aromatic rings. The zero-order valence-electron chi connectivity index (χ0n) is 52.3. The Labute approximate surface area is 557 Å². The molecule has 442 valence electrons. The van der Waals surface area contributed by atoms with Gasteiger partial charge < -0.3 is 14.4 Å². The summed E-state index contributed by atoms with van der Waals surface area (Å²) in [6.07, 6.45) is 0. The Balaban J connectivity index is 0.909. The molecule has 0 unspecified atom stereocenters. The van der Waals surface area contributed by atoms with Crippen LogP contribution in [0.4, 0.5) is 34.1 Å². The number of anilines is 6. The van der Waals surface area contributed by atoms with Crippen LogP contribution in [0, 0.1) is 0 Å². The molecular weight excluding hydrogens is 1160 g/mol. The first-order chi connectivity index (χ1) is 47.7. The summed E-state index contributed by atoms with van der Waals surface area (Å²) in [5.74, 6) is 0. The smallest absolute Gasteiger partial charge is 0.252 e. The van der Waals surface area contributed by atoms with E-state index in [1.807, 2.05) is 0 Å². The fraction of sp³-hybridized carbons (Fsp3) is 0.0217. The molecule has 22 rings (SSSR count). The van der Waals surface area contributed by atoms with Gasteiger partial charge in [-0.15, -0.1) is 0 Å². The van der Waals surface area contributed by atoms with Gasteiger partial charge in [-0.25, -0.2) is 0 Å².